The molecule has 1 saturated heterocycles. The number of ether oxygens (including phenoxy) is 2. The van der Waals surface area contributed by atoms with Crippen molar-refractivity contribution in [3.63, 3.8) is 0 Å². The summed E-state index contributed by atoms with van der Waals surface area (Å²) < 4.78 is 11.1. The number of carbonyl (C=O) groups excluding carboxylic acids is 3. The smallest absolute Gasteiger partial charge is 0.294 e. The van der Waals surface area contributed by atoms with Gasteiger partial charge in [-0.15, -0.1) is 0 Å². The molecule has 1 aliphatic heterocycles. The molecule has 0 bridgehead atoms. The molecule has 168 valence electrons. The van der Waals surface area contributed by atoms with Crippen LogP contribution >= 0.6 is 11.8 Å². The van der Waals surface area contributed by atoms with Crippen LogP contribution in [0.5, 0.6) is 11.5 Å². The van der Waals surface area contributed by atoms with Crippen LogP contribution in [0.15, 0.2) is 41.3 Å². The van der Waals surface area contributed by atoms with Crippen molar-refractivity contribution in [2.24, 2.45) is 0 Å². The van der Waals surface area contributed by atoms with Gasteiger partial charge in [0.05, 0.1) is 18.1 Å². The second kappa shape index (κ2) is 9.91. The van der Waals surface area contributed by atoms with Crippen LogP contribution in [-0.4, -0.2) is 41.7 Å². The molecule has 2 aromatic carbocycles. The van der Waals surface area contributed by atoms with Crippen molar-refractivity contribution in [3.8, 4) is 11.5 Å². The number of carbonyl (C=O) groups is 3. The third-order valence-corrected chi connectivity index (χ3v) is 5.72. The third kappa shape index (κ3) is 5.50. The number of aryl methyl sites for hydroxylation is 2. The van der Waals surface area contributed by atoms with E-state index in [2.05, 4.69) is 5.32 Å². The first-order chi connectivity index (χ1) is 15.2. The molecule has 0 radical (unpaired) electrons. The van der Waals surface area contributed by atoms with E-state index in [0.29, 0.717) is 22.7 Å². The number of nitrogens with one attached hydrogen (secondary N) is 1. The first-order valence-electron chi connectivity index (χ1n) is 10.1. The van der Waals surface area contributed by atoms with Gasteiger partial charge >= 0.3 is 0 Å². The van der Waals surface area contributed by atoms with Crippen LogP contribution in [0.25, 0.3) is 6.08 Å². The number of nitrogens with zero attached hydrogens (tertiary/aromatic N) is 1. The summed E-state index contributed by atoms with van der Waals surface area (Å²) in [6.07, 6.45) is 1.59. The van der Waals surface area contributed by atoms with Gasteiger partial charge in [-0.3, -0.25) is 19.3 Å². The van der Waals surface area contributed by atoms with Gasteiger partial charge in [0, 0.05) is 5.69 Å². The van der Waals surface area contributed by atoms with E-state index in [1.54, 1.807) is 30.3 Å². The quantitative estimate of drug-likeness (QED) is 0.607. The van der Waals surface area contributed by atoms with E-state index >= 15 is 0 Å². The first kappa shape index (κ1) is 23.4. The lowest BCUT2D eigenvalue weighted by molar-refractivity contribution is -0.127. The van der Waals surface area contributed by atoms with E-state index in [9.17, 15) is 14.4 Å². The molecule has 2 aromatic rings. The van der Waals surface area contributed by atoms with Crippen molar-refractivity contribution in [1.82, 2.24) is 4.90 Å². The Balaban J connectivity index is 1.71. The fourth-order valence-corrected chi connectivity index (χ4v) is 3.91. The van der Waals surface area contributed by atoms with Crippen molar-refractivity contribution in [3.05, 3.63) is 58.0 Å². The number of thioether (sulfide) groups is 1. The van der Waals surface area contributed by atoms with E-state index in [1.165, 1.54) is 7.11 Å². The minimum atomic E-state index is -0.503. The SMILES string of the molecule is COc1cc(/C=C2/SC(=O)N(CC(=O)Nc3ccc(C)c(C)c3)C2=O)ccc1OC(C)C. The van der Waals surface area contributed by atoms with Gasteiger partial charge in [-0.25, -0.2) is 0 Å². The van der Waals surface area contributed by atoms with Gasteiger partial charge in [0.1, 0.15) is 6.54 Å². The van der Waals surface area contributed by atoms with E-state index in [0.717, 1.165) is 27.8 Å². The van der Waals surface area contributed by atoms with Gasteiger partial charge in [0.25, 0.3) is 11.1 Å². The number of hydrogen-bond acceptors (Lipinski definition) is 6. The fraction of sp³-hybridized carbons (Fsp3) is 0.292. The molecule has 0 atom stereocenters. The summed E-state index contributed by atoms with van der Waals surface area (Å²) in [5.74, 6) is 0.181. The van der Waals surface area contributed by atoms with Crippen LogP contribution < -0.4 is 14.8 Å². The van der Waals surface area contributed by atoms with E-state index in [-0.39, 0.29) is 17.6 Å². The Hall–Kier alpha value is -3.26. The monoisotopic (exact) mass is 454 g/mol. The predicted molar refractivity (Wildman–Crippen MR) is 126 cm³/mol. The van der Waals surface area contributed by atoms with Crippen molar-refractivity contribution >= 4 is 40.6 Å². The van der Waals surface area contributed by atoms with E-state index in [4.69, 9.17) is 9.47 Å². The van der Waals surface area contributed by atoms with Crippen molar-refractivity contribution in [1.29, 1.82) is 0 Å². The Morgan fingerprint density at radius 2 is 1.84 bits per heavy atom. The van der Waals surface area contributed by atoms with Crippen molar-refractivity contribution in [2.75, 3.05) is 19.0 Å². The fourth-order valence-electron chi connectivity index (χ4n) is 3.08. The normalized spacial score (nSPS) is 14.9. The summed E-state index contributed by atoms with van der Waals surface area (Å²) in [6.45, 7) is 7.41. The number of amides is 3. The standard InChI is InChI=1S/C24H26N2O5S/c1-14(2)31-19-9-7-17(11-20(19)30-5)12-21-23(28)26(24(29)32-21)13-22(27)25-18-8-6-15(3)16(4)10-18/h6-12,14H,13H2,1-5H3,(H,25,27)/b21-12+. The molecule has 32 heavy (non-hydrogen) atoms. The third-order valence-electron chi connectivity index (χ3n) is 4.81. The van der Waals surface area contributed by atoms with Gasteiger partial charge in [-0.2, -0.15) is 0 Å². The van der Waals surface area contributed by atoms with Crippen LogP contribution in [-0.2, 0) is 9.59 Å². The van der Waals surface area contributed by atoms with Crippen LogP contribution in [0.1, 0.15) is 30.5 Å². The lowest BCUT2D eigenvalue weighted by Crippen LogP contribution is -2.36. The second-order valence-electron chi connectivity index (χ2n) is 7.69. The highest BCUT2D eigenvalue weighted by Gasteiger charge is 2.36. The summed E-state index contributed by atoms with van der Waals surface area (Å²) in [7, 11) is 1.54. The molecule has 1 heterocycles. The molecule has 3 rings (SSSR count). The number of hydrogen-bond donors (Lipinski definition) is 1. The molecular weight excluding hydrogens is 428 g/mol. The molecule has 1 N–H and O–H groups in total. The van der Waals surface area contributed by atoms with Gasteiger partial charge < -0.3 is 14.8 Å². The number of anilines is 1. The zero-order chi connectivity index (χ0) is 23.4. The average molecular weight is 455 g/mol. The molecule has 3 amide bonds. The molecule has 0 aliphatic carbocycles. The molecule has 0 aromatic heterocycles. The molecule has 1 fully saturated rings. The maximum atomic E-state index is 12.8. The van der Waals surface area contributed by atoms with Crippen LogP contribution in [0.3, 0.4) is 0 Å². The topological polar surface area (TPSA) is 84.9 Å². The van der Waals surface area contributed by atoms with E-state index in [1.807, 2.05) is 39.8 Å². The Kier molecular flexibility index (Phi) is 7.25. The van der Waals surface area contributed by atoms with Crippen LogP contribution in [0.2, 0.25) is 0 Å². The van der Waals surface area contributed by atoms with Gasteiger partial charge in [0.15, 0.2) is 11.5 Å². The summed E-state index contributed by atoms with van der Waals surface area (Å²) in [5.41, 5.74) is 3.45. The Labute approximate surface area is 191 Å². The number of benzene rings is 2. The minimum absolute atomic E-state index is 0.0128. The summed E-state index contributed by atoms with van der Waals surface area (Å²) in [4.78, 5) is 38.7. The largest absolute Gasteiger partial charge is 0.493 e. The van der Waals surface area contributed by atoms with Crippen molar-refractivity contribution in [2.45, 2.75) is 33.8 Å². The van der Waals surface area contributed by atoms with Gasteiger partial charge in [-0.05, 0) is 86.5 Å². The van der Waals surface area contributed by atoms with Crippen molar-refractivity contribution < 1.29 is 23.9 Å². The molecule has 7 nitrogen and oxygen atoms in total. The highest BCUT2D eigenvalue weighted by Crippen LogP contribution is 2.34. The Morgan fingerprint density at radius 1 is 1.09 bits per heavy atom. The highest BCUT2D eigenvalue weighted by atomic mass is 32.2. The number of rotatable bonds is 7. The lowest BCUT2D eigenvalue weighted by atomic mass is 10.1. The molecule has 1 aliphatic rings. The van der Waals surface area contributed by atoms with E-state index < -0.39 is 17.1 Å². The van der Waals surface area contributed by atoms with Crippen LogP contribution in [0, 0.1) is 13.8 Å². The second-order valence-corrected chi connectivity index (χ2v) is 8.69. The average Bonchev–Trinajstić information content (AvgIpc) is 2.98. The first-order valence-corrected chi connectivity index (χ1v) is 11.0. The molecule has 0 saturated carbocycles. The van der Waals surface area contributed by atoms with Crippen LogP contribution in [0.4, 0.5) is 10.5 Å². The maximum absolute atomic E-state index is 12.8. The Morgan fingerprint density at radius 3 is 2.50 bits per heavy atom. The maximum Gasteiger partial charge on any atom is 0.294 e. The highest BCUT2D eigenvalue weighted by molar-refractivity contribution is 8.18. The predicted octanol–water partition coefficient (Wildman–Crippen LogP) is 4.77. The molecule has 0 unspecified atom stereocenters. The molecular formula is C24H26N2O5S. The number of imide groups is 1. The zero-order valence-electron chi connectivity index (χ0n) is 18.7. The van der Waals surface area contributed by atoms with Gasteiger partial charge in [-0.1, -0.05) is 12.1 Å². The zero-order valence-corrected chi connectivity index (χ0v) is 19.5. The summed E-state index contributed by atoms with van der Waals surface area (Å²) in [6, 6.07) is 10.8. The number of methoxy groups -OCH3 is 1. The molecule has 8 heteroatoms. The summed E-state index contributed by atoms with van der Waals surface area (Å²) in [5, 5.41) is 2.25. The van der Waals surface area contributed by atoms with Gasteiger partial charge in [0.2, 0.25) is 5.91 Å². The summed E-state index contributed by atoms with van der Waals surface area (Å²) >= 11 is 0.804. The lowest BCUT2D eigenvalue weighted by Gasteiger charge is -2.14. The Bertz CT molecular complexity index is 1090. The minimum Gasteiger partial charge on any atom is -0.493 e. The molecule has 0 spiro atoms.